The topological polar surface area (TPSA) is 23.5 Å². The van der Waals surface area contributed by atoms with Crippen LogP contribution in [-0.4, -0.2) is 29.6 Å². The maximum atomic E-state index is 10.6. The highest BCUT2D eigenvalue weighted by Crippen LogP contribution is 2.25. The van der Waals surface area contributed by atoms with Crippen molar-refractivity contribution >= 4 is 10.8 Å². The lowest BCUT2D eigenvalue weighted by molar-refractivity contribution is 0.110. The van der Waals surface area contributed by atoms with Gasteiger partial charge in [0.2, 0.25) is 0 Å². The van der Waals surface area contributed by atoms with Crippen LogP contribution in [0.15, 0.2) is 42.5 Å². The van der Waals surface area contributed by atoms with Gasteiger partial charge in [-0.2, -0.15) is 0 Å². The maximum Gasteiger partial charge on any atom is 0.0922 e. The van der Waals surface area contributed by atoms with Gasteiger partial charge in [0.25, 0.3) is 0 Å². The number of aliphatic hydroxyl groups excluding tert-OH is 1. The molecule has 0 bridgehead atoms. The number of benzene rings is 2. The SMILES string of the molecule is CCN(CC(C)C)CC(O)c1cccc2ccccc12. The Balaban J connectivity index is 2.20. The largest absolute Gasteiger partial charge is 0.387 e. The van der Waals surface area contributed by atoms with Gasteiger partial charge < -0.3 is 10.0 Å². The molecule has 0 amide bonds. The normalized spacial score (nSPS) is 13.3. The number of hydrogen-bond donors (Lipinski definition) is 1. The Morgan fingerprint density at radius 3 is 2.40 bits per heavy atom. The smallest absolute Gasteiger partial charge is 0.0922 e. The van der Waals surface area contributed by atoms with Gasteiger partial charge in [-0.25, -0.2) is 0 Å². The first-order valence-electron chi connectivity index (χ1n) is 7.50. The van der Waals surface area contributed by atoms with Crippen molar-refractivity contribution < 1.29 is 5.11 Å². The summed E-state index contributed by atoms with van der Waals surface area (Å²) in [7, 11) is 0. The van der Waals surface area contributed by atoms with Gasteiger partial charge in [0.1, 0.15) is 0 Å². The second-order valence-electron chi connectivity index (χ2n) is 5.83. The molecule has 2 aromatic rings. The lowest BCUT2D eigenvalue weighted by Crippen LogP contribution is -2.31. The van der Waals surface area contributed by atoms with Gasteiger partial charge in [-0.3, -0.25) is 0 Å². The summed E-state index contributed by atoms with van der Waals surface area (Å²) < 4.78 is 0. The summed E-state index contributed by atoms with van der Waals surface area (Å²) in [5.74, 6) is 0.620. The number of rotatable bonds is 6. The fraction of sp³-hybridized carbons (Fsp3) is 0.444. The third kappa shape index (κ3) is 3.59. The van der Waals surface area contributed by atoms with E-state index >= 15 is 0 Å². The molecule has 2 rings (SSSR count). The highest BCUT2D eigenvalue weighted by atomic mass is 16.3. The molecule has 20 heavy (non-hydrogen) atoms. The molecule has 0 saturated carbocycles. The Hall–Kier alpha value is -1.38. The van der Waals surface area contributed by atoms with Crippen LogP contribution in [0, 0.1) is 5.92 Å². The molecule has 0 spiro atoms. The van der Waals surface area contributed by atoms with Crippen LogP contribution in [0.1, 0.15) is 32.4 Å². The molecule has 2 heteroatoms. The van der Waals surface area contributed by atoms with Gasteiger partial charge in [-0.15, -0.1) is 0 Å². The minimum Gasteiger partial charge on any atom is -0.387 e. The van der Waals surface area contributed by atoms with Crippen molar-refractivity contribution in [1.82, 2.24) is 4.90 Å². The lowest BCUT2D eigenvalue weighted by Gasteiger charge is -2.26. The van der Waals surface area contributed by atoms with E-state index in [4.69, 9.17) is 0 Å². The number of aliphatic hydroxyl groups is 1. The highest BCUT2D eigenvalue weighted by molar-refractivity contribution is 5.85. The molecule has 0 aromatic heterocycles. The number of nitrogens with zero attached hydrogens (tertiary/aromatic N) is 1. The van der Waals surface area contributed by atoms with Gasteiger partial charge in [0, 0.05) is 13.1 Å². The summed E-state index contributed by atoms with van der Waals surface area (Å²) in [6.45, 7) is 9.28. The minimum absolute atomic E-state index is 0.431. The van der Waals surface area contributed by atoms with Crippen LogP contribution >= 0.6 is 0 Å². The Morgan fingerprint density at radius 2 is 1.70 bits per heavy atom. The molecule has 0 fully saturated rings. The molecule has 0 radical (unpaired) electrons. The van der Waals surface area contributed by atoms with E-state index in [1.807, 2.05) is 24.3 Å². The standard InChI is InChI=1S/C18H25NO/c1-4-19(12-14(2)3)13-18(20)17-11-7-9-15-8-5-6-10-16(15)17/h5-11,14,18,20H,4,12-13H2,1-3H3. The molecule has 2 aromatic carbocycles. The van der Waals surface area contributed by atoms with Gasteiger partial charge in [0.05, 0.1) is 6.10 Å². The van der Waals surface area contributed by atoms with Gasteiger partial charge >= 0.3 is 0 Å². The molecular weight excluding hydrogens is 246 g/mol. The zero-order chi connectivity index (χ0) is 14.5. The lowest BCUT2D eigenvalue weighted by atomic mass is 10.00. The Morgan fingerprint density at radius 1 is 1.00 bits per heavy atom. The molecular formula is C18H25NO. The summed E-state index contributed by atoms with van der Waals surface area (Å²) >= 11 is 0. The predicted molar refractivity (Wildman–Crippen MR) is 85.9 cm³/mol. The Labute approximate surface area is 122 Å². The molecule has 108 valence electrons. The first-order valence-corrected chi connectivity index (χ1v) is 7.50. The van der Waals surface area contributed by atoms with E-state index in [1.54, 1.807) is 0 Å². The summed E-state index contributed by atoms with van der Waals surface area (Å²) in [5, 5.41) is 12.9. The third-order valence-corrected chi connectivity index (χ3v) is 3.68. The van der Waals surface area contributed by atoms with E-state index in [1.165, 1.54) is 5.39 Å². The zero-order valence-corrected chi connectivity index (χ0v) is 12.7. The maximum absolute atomic E-state index is 10.6. The van der Waals surface area contributed by atoms with E-state index in [0.717, 1.165) is 24.0 Å². The van der Waals surface area contributed by atoms with Crippen molar-refractivity contribution in [3.63, 3.8) is 0 Å². The second-order valence-corrected chi connectivity index (χ2v) is 5.83. The summed E-state index contributed by atoms with van der Waals surface area (Å²) in [6.07, 6.45) is -0.431. The van der Waals surface area contributed by atoms with E-state index in [9.17, 15) is 5.11 Å². The molecule has 0 aliphatic rings. The third-order valence-electron chi connectivity index (χ3n) is 3.68. The average Bonchev–Trinajstić information content (AvgIpc) is 2.45. The molecule has 0 aliphatic carbocycles. The van der Waals surface area contributed by atoms with Gasteiger partial charge in [0.15, 0.2) is 0 Å². The molecule has 0 saturated heterocycles. The second kappa shape index (κ2) is 6.87. The van der Waals surface area contributed by atoms with Crippen molar-refractivity contribution in [1.29, 1.82) is 0 Å². The minimum atomic E-state index is -0.431. The first kappa shape index (κ1) is 15.0. The zero-order valence-electron chi connectivity index (χ0n) is 12.7. The van der Waals surface area contributed by atoms with E-state index < -0.39 is 6.10 Å². The number of fused-ring (bicyclic) bond motifs is 1. The molecule has 1 atom stereocenters. The fourth-order valence-corrected chi connectivity index (χ4v) is 2.73. The van der Waals surface area contributed by atoms with Gasteiger partial charge in [-0.1, -0.05) is 63.2 Å². The Bertz CT molecular complexity index is 545. The van der Waals surface area contributed by atoms with Crippen LogP contribution in [0.4, 0.5) is 0 Å². The fourth-order valence-electron chi connectivity index (χ4n) is 2.73. The van der Waals surface area contributed by atoms with Crippen LogP contribution in [0.3, 0.4) is 0 Å². The molecule has 0 aliphatic heterocycles. The Kier molecular flexibility index (Phi) is 5.16. The highest BCUT2D eigenvalue weighted by Gasteiger charge is 2.15. The van der Waals surface area contributed by atoms with Crippen molar-refractivity contribution in [2.45, 2.75) is 26.9 Å². The monoisotopic (exact) mass is 271 g/mol. The summed E-state index contributed by atoms with van der Waals surface area (Å²) in [6, 6.07) is 14.4. The molecule has 0 heterocycles. The van der Waals surface area contributed by atoms with Gasteiger partial charge in [-0.05, 0) is 28.8 Å². The van der Waals surface area contributed by atoms with Crippen molar-refractivity contribution in [2.24, 2.45) is 5.92 Å². The quantitative estimate of drug-likeness (QED) is 0.862. The molecule has 2 nitrogen and oxygen atoms in total. The van der Waals surface area contributed by atoms with Crippen molar-refractivity contribution in [3.8, 4) is 0 Å². The predicted octanol–water partition coefficient (Wildman–Crippen LogP) is 3.85. The summed E-state index contributed by atoms with van der Waals surface area (Å²) in [5.41, 5.74) is 1.03. The van der Waals surface area contributed by atoms with Crippen LogP contribution < -0.4 is 0 Å². The average molecular weight is 271 g/mol. The molecule has 1 unspecified atom stereocenters. The van der Waals surface area contributed by atoms with Crippen LogP contribution in [-0.2, 0) is 0 Å². The van der Waals surface area contributed by atoms with E-state index in [0.29, 0.717) is 12.5 Å². The molecule has 1 N–H and O–H groups in total. The van der Waals surface area contributed by atoms with Crippen LogP contribution in [0.25, 0.3) is 10.8 Å². The van der Waals surface area contributed by atoms with Crippen LogP contribution in [0.2, 0.25) is 0 Å². The van der Waals surface area contributed by atoms with Crippen molar-refractivity contribution in [3.05, 3.63) is 48.0 Å². The number of hydrogen-bond acceptors (Lipinski definition) is 2. The van der Waals surface area contributed by atoms with E-state index in [-0.39, 0.29) is 0 Å². The van der Waals surface area contributed by atoms with E-state index in [2.05, 4.69) is 43.9 Å². The summed E-state index contributed by atoms with van der Waals surface area (Å²) in [4.78, 5) is 2.32. The first-order chi connectivity index (χ1) is 9.61. The van der Waals surface area contributed by atoms with Crippen molar-refractivity contribution in [2.75, 3.05) is 19.6 Å². The van der Waals surface area contributed by atoms with Crippen LogP contribution in [0.5, 0.6) is 0 Å². The number of likely N-dealkylation sites (N-methyl/N-ethyl adjacent to an activating group) is 1.